The Bertz CT molecular complexity index is 838. The van der Waals surface area contributed by atoms with Crippen molar-refractivity contribution < 1.29 is 9.53 Å². The van der Waals surface area contributed by atoms with Crippen LogP contribution < -0.4 is 10.1 Å². The molecule has 0 fully saturated rings. The van der Waals surface area contributed by atoms with Crippen molar-refractivity contribution in [2.75, 3.05) is 7.11 Å². The highest BCUT2D eigenvalue weighted by molar-refractivity contribution is 7.13. The molecule has 2 aromatic heterocycles. The lowest BCUT2D eigenvalue weighted by atomic mass is 10.0. The third-order valence-corrected chi connectivity index (χ3v) is 5.11. The highest BCUT2D eigenvalue weighted by Gasteiger charge is 2.20. The lowest BCUT2D eigenvalue weighted by molar-refractivity contribution is 0.0930. The van der Waals surface area contributed by atoms with Crippen LogP contribution in [0.25, 0.3) is 10.6 Å². The molecular formula is C19H21N3O2S. The zero-order valence-electron chi connectivity index (χ0n) is 14.5. The van der Waals surface area contributed by atoms with Gasteiger partial charge in [0.05, 0.1) is 23.7 Å². The molecule has 3 aromatic rings. The number of nitrogens with zero attached hydrogens (tertiary/aromatic N) is 1. The molecule has 0 bridgehead atoms. The summed E-state index contributed by atoms with van der Waals surface area (Å²) in [5, 5.41) is 12.3. The molecule has 1 unspecified atom stereocenters. The van der Waals surface area contributed by atoms with Crippen molar-refractivity contribution in [3.05, 3.63) is 58.6 Å². The maximum Gasteiger partial charge on any atom is 0.272 e. The SMILES string of the molecule is CCC(NC(=O)c1n[nH]c(-c2cccs2)c1C)c1ccc(OC)cc1. The van der Waals surface area contributed by atoms with E-state index in [4.69, 9.17) is 4.74 Å². The van der Waals surface area contributed by atoms with E-state index >= 15 is 0 Å². The minimum atomic E-state index is -0.167. The van der Waals surface area contributed by atoms with Crippen LogP contribution in [0.3, 0.4) is 0 Å². The molecular weight excluding hydrogens is 334 g/mol. The van der Waals surface area contributed by atoms with Gasteiger partial charge in [-0.2, -0.15) is 5.10 Å². The Morgan fingerprint density at radius 2 is 2.08 bits per heavy atom. The number of carbonyl (C=O) groups excluding carboxylic acids is 1. The number of ether oxygens (including phenoxy) is 1. The molecule has 0 saturated carbocycles. The standard InChI is InChI=1S/C19H21N3O2S/c1-4-15(13-7-9-14(24-3)10-8-13)20-19(23)18-12(2)17(21-22-18)16-6-5-11-25-16/h5-11,15H,4H2,1-3H3,(H,20,23)(H,21,22). The number of hydrogen-bond donors (Lipinski definition) is 2. The fourth-order valence-corrected chi connectivity index (χ4v) is 3.54. The minimum absolute atomic E-state index is 0.0697. The van der Waals surface area contributed by atoms with Crippen molar-refractivity contribution in [1.82, 2.24) is 15.5 Å². The van der Waals surface area contributed by atoms with Gasteiger partial charge in [0.15, 0.2) is 5.69 Å². The Morgan fingerprint density at radius 3 is 2.68 bits per heavy atom. The number of carbonyl (C=O) groups is 1. The molecule has 6 heteroatoms. The van der Waals surface area contributed by atoms with Gasteiger partial charge >= 0.3 is 0 Å². The normalized spacial score (nSPS) is 12.0. The second-order valence-electron chi connectivity index (χ2n) is 5.76. The first kappa shape index (κ1) is 17.2. The fourth-order valence-electron chi connectivity index (χ4n) is 2.76. The van der Waals surface area contributed by atoms with Crippen molar-refractivity contribution in [3.63, 3.8) is 0 Å². The predicted molar refractivity (Wildman–Crippen MR) is 100 cm³/mol. The van der Waals surface area contributed by atoms with Crippen molar-refractivity contribution in [3.8, 4) is 16.3 Å². The molecule has 2 N–H and O–H groups in total. The summed E-state index contributed by atoms with van der Waals surface area (Å²) >= 11 is 1.62. The molecule has 25 heavy (non-hydrogen) atoms. The molecule has 0 aliphatic carbocycles. The number of aromatic nitrogens is 2. The summed E-state index contributed by atoms with van der Waals surface area (Å²) in [7, 11) is 1.64. The number of methoxy groups -OCH3 is 1. The summed E-state index contributed by atoms with van der Waals surface area (Å²) in [5.74, 6) is 0.632. The van der Waals surface area contributed by atoms with Crippen LogP contribution in [0.15, 0.2) is 41.8 Å². The van der Waals surface area contributed by atoms with E-state index in [0.29, 0.717) is 5.69 Å². The fraction of sp³-hybridized carbons (Fsp3) is 0.263. The number of benzene rings is 1. The highest BCUT2D eigenvalue weighted by Crippen LogP contribution is 2.28. The third kappa shape index (κ3) is 3.58. The van der Waals surface area contributed by atoms with E-state index in [1.165, 1.54) is 0 Å². The largest absolute Gasteiger partial charge is 0.497 e. The average molecular weight is 355 g/mol. The Morgan fingerprint density at radius 1 is 1.32 bits per heavy atom. The first-order valence-corrected chi connectivity index (χ1v) is 9.05. The summed E-state index contributed by atoms with van der Waals surface area (Å²) in [6, 6.07) is 11.7. The van der Waals surface area contributed by atoms with Crippen molar-refractivity contribution >= 4 is 17.2 Å². The van der Waals surface area contributed by atoms with Crippen molar-refractivity contribution in [2.24, 2.45) is 0 Å². The smallest absolute Gasteiger partial charge is 0.272 e. The van der Waals surface area contributed by atoms with Crippen LogP contribution in [0.1, 0.15) is 41.0 Å². The van der Waals surface area contributed by atoms with E-state index in [2.05, 4.69) is 15.5 Å². The molecule has 0 spiro atoms. The molecule has 0 radical (unpaired) electrons. The summed E-state index contributed by atoms with van der Waals surface area (Å²) in [4.78, 5) is 13.8. The molecule has 5 nitrogen and oxygen atoms in total. The summed E-state index contributed by atoms with van der Waals surface area (Å²) in [6.45, 7) is 3.96. The maximum atomic E-state index is 12.7. The van der Waals surface area contributed by atoms with E-state index in [-0.39, 0.29) is 11.9 Å². The number of hydrogen-bond acceptors (Lipinski definition) is 4. The molecule has 1 aromatic carbocycles. The van der Waals surface area contributed by atoms with E-state index in [1.807, 2.05) is 55.6 Å². The second kappa shape index (κ2) is 7.53. The van der Waals surface area contributed by atoms with Crippen LogP contribution in [0, 0.1) is 6.92 Å². The Kier molecular flexibility index (Phi) is 5.19. The van der Waals surface area contributed by atoms with Gasteiger partial charge in [-0.15, -0.1) is 11.3 Å². The van der Waals surface area contributed by atoms with Gasteiger partial charge in [0, 0.05) is 5.56 Å². The summed E-state index contributed by atoms with van der Waals surface area (Å²) in [5.41, 5.74) is 3.25. The van der Waals surface area contributed by atoms with Crippen LogP contribution in [0.2, 0.25) is 0 Å². The molecule has 0 aliphatic heterocycles. The summed E-state index contributed by atoms with van der Waals surface area (Å²) < 4.78 is 5.19. The number of H-pyrrole nitrogens is 1. The molecule has 3 rings (SSSR count). The van der Waals surface area contributed by atoms with Crippen LogP contribution in [-0.4, -0.2) is 23.2 Å². The number of amides is 1. The van der Waals surface area contributed by atoms with Crippen molar-refractivity contribution in [1.29, 1.82) is 0 Å². The monoisotopic (exact) mass is 355 g/mol. The van der Waals surface area contributed by atoms with Crippen LogP contribution in [-0.2, 0) is 0 Å². The first-order chi connectivity index (χ1) is 12.1. The van der Waals surface area contributed by atoms with Gasteiger partial charge in [-0.1, -0.05) is 25.1 Å². The van der Waals surface area contributed by atoms with E-state index in [9.17, 15) is 4.79 Å². The maximum absolute atomic E-state index is 12.7. The number of nitrogens with one attached hydrogen (secondary N) is 2. The molecule has 1 amide bonds. The van der Waals surface area contributed by atoms with Crippen molar-refractivity contribution in [2.45, 2.75) is 26.3 Å². The summed E-state index contributed by atoms with van der Waals surface area (Å²) in [6.07, 6.45) is 0.791. The van der Waals surface area contributed by atoms with Crippen LogP contribution in [0.4, 0.5) is 0 Å². The Hall–Kier alpha value is -2.60. The molecule has 1 atom stereocenters. The van der Waals surface area contributed by atoms with Gasteiger partial charge in [-0.25, -0.2) is 0 Å². The van der Waals surface area contributed by atoms with Gasteiger partial charge in [-0.3, -0.25) is 9.89 Å². The lowest BCUT2D eigenvalue weighted by Crippen LogP contribution is -2.29. The number of thiophene rings is 1. The van der Waals surface area contributed by atoms with Gasteiger partial charge in [0.25, 0.3) is 5.91 Å². The zero-order valence-corrected chi connectivity index (χ0v) is 15.3. The van der Waals surface area contributed by atoms with Gasteiger partial charge < -0.3 is 10.1 Å². The van der Waals surface area contributed by atoms with Crippen LogP contribution >= 0.6 is 11.3 Å². The van der Waals surface area contributed by atoms with E-state index in [1.54, 1.807) is 18.4 Å². The average Bonchev–Trinajstić information content (AvgIpc) is 3.29. The van der Waals surface area contributed by atoms with E-state index < -0.39 is 0 Å². The first-order valence-electron chi connectivity index (χ1n) is 8.17. The zero-order chi connectivity index (χ0) is 17.8. The lowest BCUT2D eigenvalue weighted by Gasteiger charge is -2.17. The molecule has 2 heterocycles. The predicted octanol–water partition coefficient (Wildman–Crippen LogP) is 4.34. The molecule has 0 saturated heterocycles. The molecule has 130 valence electrons. The van der Waals surface area contributed by atoms with Gasteiger partial charge in [-0.05, 0) is 42.5 Å². The number of rotatable bonds is 6. The van der Waals surface area contributed by atoms with Gasteiger partial charge in [0.1, 0.15) is 5.75 Å². The third-order valence-electron chi connectivity index (χ3n) is 4.22. The minimum Gasteiger partial charge on any atom is -0.497 e. The van der Waals surface area contributed by atoms with Gasteiger partial charge in [0.2, 0.25) is 0 Å². The topological polar surface area (TPSA) is 67.0 Å². The Labute approximate surface area is 151 Å². The second-order valence-corrected chi connectivity index (χ2v) is 6.70. The highest BCUT2D eigenvalue weighted by atomic mass is 32.1. The van der Waals surface area contributed by atoms with Crippen LogP contribution in [0.5, 0.6) is 5.75 Å². The molecule has 0 aliphatic rings. The number of aromatic amines is 1. The van der Waals surface area contributed by atoms with E-state index in [0.717, 1.165) is 33.9 Å². The Balaban J connectivity index is 1.78. The quantitative estimate of drug-likeness (QED) is 0.691.